The topological polar surface area (TPSA) is 3.24 Å². The van der Waals surface area contributed by atoms with Crippen molar-refractivity contribution in [3.05, 3.63) is 29.8 Å². The summed E-state index contributed by atoms with van der Waals surface area (Å²) in [5.74, 6) is 0. The monoisotopic (exact) mass is 187 g/mol. The van der Waals surface area contributed by atoms with Gasteiger partial charge in [0.1, 0.15) is 0 Å². The Morgan fingerprint density at radius 2 is 1.82 bits per heavy atom. The fourth-order valence-corrected chi connectivity index (χ4v) is 1.23. The van der Waals surface area contributed by atoms with Crippen LogP contribution in [0.15, 0.2) is 24.3 Å². The quantitative estimate of drug-likeness (QED) is 0.655. The molecule has 1 aromatic carbocycles. The normalized spacial score (nSPS) is 9.73. The molecule has 1 aromatic rings. The van der Waals surface area contributed by atoms with Crippen LogP contribution in [0.5, 0.6) is 0 Å². The summed E-state index contributed by atoms with van der Waals surface area (Å²) in [4.78, 5) is 0. The van der Waals surface area contributed by atoms with E-state index in [1.54, 1.807) is 0 Å². The summed E-state index contributed by atoms with van der Waals surface area (Å²) < 4.78 is 1.90. The van der Waals surface area contributed by atoms with E-state index in [9.17, 15) is 0 Å². The molecule has 0 N–H and O–H groups in total. The number of benzene rings is 1. The molecule has 0 bridgehead atoms. The third kappa shape index (κ3) is 2.31. The van der Waals surface area contributed by atoms with Gasteiger partial charge in [0.15, 0.2) is 0 Å². The zero-order valence-electron chi connectivity index (χ0n) is 6.54. The predicted molar refractivity (Wildman–Crippen MR) is 53.0 cm³/mol. The molecule has 0 aliphatic carbocycles. The van der Waals surface area contributed by atoms with Crippen molar-refractivity contribution in [2.75, 3.05) is 11.4 Å². The molecule has 11 heavy (non-hydrogen) atoms. The van der Waals surface area contributed by atoms with Crippen molar-refractivity contribution in [3.8, 4) is 0 Å². The number of hydrogen-bond acceptors (Lipinski definition) is 2. The zero-order valence-corrected chi connectivity index (χ0v) is 8.12. The van der Waals surface area contributed by atoms with Gasteiger partial charge in [-0.3, -0.25) is 0 Å². The van der Waals surface area contributed by atoms with Gasteiger partial charge in [-0.05, 0) is 29.7 Å². The highest BCUT2D eigenvalue weighted by Crippen LogP contribution is 2.22. The molecule has 0 radical (unpaired) electrons. The van der Waals surface area contributed by atoms with E-state index >= 15 is 0 Å². The number of anilines is 1. The Morgan fingerprint density at radius 1 is 1.27 bits per heavy atom. The second-order valence-electron chi connectivity index (χ2n) is 2.40. The Morgan fingerprint density at radius 3 is 2.27 bits per heavy atom. The largest absolute Gasteiger partial charge is 0.306 e. The van der Waals surface area contributed by atoms with Gasteiger partial charge in [-0.15, -0.1) is 0 Å². The Labute approximate surface area is 76.0 Å². The van der Waals surface area contributed by atoms with Gasteiger partial charge < -0.3 is 4.31 Å². The molecule has 0 atom stereocenters. The summed E-state index contributed by atoms with van der Waals surface area (Å²) >= 11 is 1.19. The van der Waals surface area contributed by atoms with Crippen LogP contribution in [-0.2, 0) is 0 Å². The third-order valence-corrected chi connectivity index (χ3v) is 2.54. The molecule has 0 aromatic heterocycles. The molecular weight excluding hydrogens is 178 g/mol. The molecule has 0 unspecified atom stereocenters. The van der Waals surface area contributed by atoms with E-state index in [4.69, 9.17) is 10.7 Å². The lowest BCUT2D eigenvalue weighted by Crippen LogP contribution is -2.02. The van der Waals surface area contributed by atoms with E-state index in [0.29, 0.717) is 0 Å². The van der Waals surface area contributed by atoms with E-state index in [1.165, 1.54) is 16.7 Å². The molecule has 60 valence electrons. The van der Waals surface area contributed by atoms with Gasteiger partial charge in [-0.2, -0.15) is 0 Å². The first-order valence-electron chi connectivity index (χ1n) is 3.33. The molecule has 0 aliphatic heterocycles. The molecule has 0 fully saturated rings. The molecule has 0 saturated carbocycles. The first-order chi connectivity index (χ1) is 5.24. The summed E-state index contributed by atoms with van der Waals surface area (Å²) in [5, 5.41) is 0. The van der Waals surface area contributed by atoms with Crippen LogP contribution in [0.2, 0.25) is 0 Å². The lowest BCUT2D eigenvalue weighted by molar-refractivity contribution is 1.35. The van der Waals surface area contributed by atoms with Crippen molar-refractivity contribution in [1.82, 2.24) is 0 Å². The summed E-state index contributed by atoms with van der Waals surface area (Å²) in [6.07, 6.45) is 0. The van der Waals surface area contributed by atoms with Crippen molar-refractivity contribution in [1.29, 1.82) is 0 Å². The zero-order chi connectivity index (χ0) is 8.27. The first-order valence-corrected chi connectivity index (χ1v) is 4.93. The maximum Gasteiger partial charge on any atom is 0.0608 e. The van der Waals surface area contributed by atoms with Crippen molar-refractivity contribution < 1.29 is 0 Å². The fraction of sp³-hybridized carbons (Fsp3) is 0.250. The number of halogens is 1. The average molecular weight is 188 g/mol. The van der Waals surface area contributed by atoms with Gasteiger partial charge in [0.2, 0.25) is 0 Å². The maximum atomic E-state index is 5.57. The van der Waals surface area contributed by atoms with Crippen LogP contribution in [-0.4, -0.2) is 7.05 Å². The van der Waals surface area contributed by atoms with Crippen molar-refractivity contribution in [2.45, 2.75) is 6.92 Å². The van der Waals surface area contributed by atoms with Gasteiger partial charge in [0, 0.05) is 12.7 Å². The highest BCUT2D eigenvalue weighted by Gasteiger charge is 1.97. The predicted octanol–water partition coefficient (Wildman–Crippen LogP) is 3.23. The molecule has 0 amide bonds. The van der Waals surface area contributed by atoms with Gasteiger partial charge in [0.25, 0.3) is 0 Å². The van der Waals surface area contributed by atoms with Gasteiger partial charge >= 0.3 is 0 Å². The Bertz CT molecular complexity index is 222. The van der Waals surface area contributed by atoms with Crippen LogP contribution in [0.1, 0.15) is 5.56 Å². The molecule has 3 heteroatoms. The first kappa shape index (κ1) is 8.75. The Hall–Kier alpha value is -0.340. The van der Waals surface area contributed by atoms with Gasteiger partial charge in [-0.1, -0.05) is 17.7 Å². The SMILES string of the molecule is Cc1ccc(N(C)SCl)cc1. The second-order valence-corrected chi connectivity index (χ2v) is 3.50. The Balaban J connectivity index is 2.81. The van der Waals surface area contributed by atoms with E-state index < -0.39 is 0 Å². The van der Waals surface area contributed by atoms with Crippen molar-refractivity contribution in [3.63, 3.8) is 0 Å². The molecule has 1 nitrogen and oxygen atoms in total. The minimum Gasteiger partial charge on any atom is -0.306 e. The fourth-order valence-electron chi connectivity index (χ4n) is 0.795. The molecule has 0 heterocycles. The van der Waals surface area contributed by atoms with Gasteiger partial charge in [0.05, 0.1) is 11.2 Å². The van der Waals surface area contributed by atoms with Crippen LogP contribution < -0.4 is 4.31 Å². The van der Waals surface area contributed by atoms with Crippen LogP contribution >= 0.6 is 21.8 Å². The minimum atomic E-state index is 1.12. The van der Waals surface area contributed by atoms with E-state index in [-0.39, 0.29) is 0 Å². The second kappa shape index (κ2) is 3.88. The average Bonchev–Trinajstić information content (AvgIpc) is 2.05. The van der Waals surface area contributed by atoms with Crippen molar-refractivity contribution >= 4 is 27.5 Å². The number of nitrogens with zero attached hydrogens (tertiary/aromatic N) is 1. The minimum absolute atomic E-state index is 1.12. The van der Waals surface area contributed by atoms with Gasteiger partial charge in [-0.25, -0.2) is 0 Å². The lowest BCUT2D eigenvalue weighted by atomic mass is 10.2. The highest BCUT2D eigenvalue weighted by atomic mass is 35.7. The van der Waals surface area contributed by atoms with E-state index in [1.807, 2.05) is 23.5 Å². The van der Waals surface area contributed by atoms with Crippen LogP contribution in [0.25, 0.3) is 0 Å². The number of aryl methyl sites for hydroxylation is 1. The molecule has 0 spiro atoms. The van der Waals surface area contributed by atoms with Crippen LogP contribution in [0.4, 0.5) is 5.69 Å². The number of hydrogen-bond donors (Lipinski definition) is 0. The van der Waals surface area contributed by atoms with E-state index in [0.717, 1.165) is 5.69 Å². The smallest absolute Gasteiger partial charge is 0.0608 e. The molecular formula is C8H10ClNS. The number of rotatable bonds is 2. The lowest BCUT2D eigenvalue weighted by Gasteiger charge is -2.12. The highest BCUT2D eigenvalue weighted by molar-refractivity contribution is 8.22. The summed E-state index contributed by atoms with van der Waals surface area (Å²) in [6.45, 7) is 2.07. The maximum absolute atomic E-state index is 5.57. The van der Waals surface area contributed by atoms with Crippen LogP contribution in [0, 0.1) is 6.92 Å². The molecule has 0 aliphatic rings. The summed E-state index contributed by atoms with van der Waals surface area (Å²) in [7, 11) is 7.50. The van der Waals surface area contributed by atoms with Crippen molar-refractivity contribution in [2.24, 2.45) is 0 Å². The Kier molecular flexibility index (Phi) is 3.09. The van der Waals surface area contributed by atoms with E-state index in [2.05, 4.69) is 19.1 Å². The summed E-state index contributed by atoms with van der Waals surface area (Å²) in [6, 6.07) is 8.23. The molecule has 0 saturated heterocycles. The standard InChI is InChI=1S/C8H10ClNS/c1-7-3-5-8(6-4-7)10(2)11-9/h3-6H,1-2H3. The molecule has 1 rings (SSSR count). The summed E-state index contributed by atoms with van der Waals surface area (Å²) in [5.41, 5.74) is 2.39. The third-order valence-electron chi connectivity index (χ3n) is 1.50. The van der Waals surface area contributed by atoms with Crippen LogP contribution in [0.3, 0.4) is 0 Å².